The van der Waals surface area contributed by atoms with Gasteiger partial charge < -0.3 is 9.98 Å². The summed E-state index contributed by atoms with van der Waals surface area (Å²) in [7, 11) is 0. The maximum atomic E-state index is 5.07. The van der Waals surface area contributed by atoms with Gasteiger partial charge in [-0.3, -0.25) is 13.2 Å². The molecule has 0 aromatic carbocycles. The van der Waals surface area contributed by atoms with Gasteiger partial charge in [0.15, 0.2) is 0 Å². The van der Waals surface area contributed by atoms with Crippen molar-refractivity contribution in [3.05, 3.63) is 25.3 Å². The Kier molecular flexibility index (Phi) is 391. The maximum absolute atomic E-state index is 5.07. The summed E-state index contributed by atoms with van der Waals surface area (Å²) in [5.41, 5.74) is 0. The van der Waals surface area contributed by atoms with Crippen molar-refractivity contribution in [3.8, 4) is 0 Å². The second-order valence-electron chi connectivity index (χ2n) is 1.85. The van der Waals surface area contributed by atoms with E-state index in [0.29, 0.717) is 0 Å². The third-order valence-electron chi connectivity index (χ3n) is 0.957. The van der Waals surface area contributed by atoms with Gasteiger partial charge in [0.05, 0.1) is 0 Å². The van der Waals surface area contributed by atoms with Gasteiger partial charge in [0, 0.05) is 13.1 Å². The van der Waals surface area contributed by atoms with Gasteiger partial charge >= 0.3 is 21.1 Å². The van der Waals surface area contributed by atoms with Crippen LogP contribution in [-0.4, -0.2) is 25.5 Å². The minimum atomic E-state index is 0. The third-order valence-corrected chi connectivity index (χ3v) is 0.957. The average molecular weight is 528 g/mol. The number of allylic oxidation sites excluding steroid dienone is 2. The van der Waals surface area contributed by atoms with Crippen molar-refractivity contribution in [1.29, 1.82) is 0 Å². The standard InChI is InChI=1S/C9H12N2.4C2H6.4CH4.Pt/c1-3-6-10-8-5-9-11-7-4-2;4*1-2;;;;;/h1-4,6-7H,5,8-9H2;4*1-2H3;4*1H4;/q-2;;;;;;;;;+2. The van der Waals surface area contributed by atoms with Gasteiger partial charge in [-0.05, 0) is 6.42 Å². The number of rotatable bonds is 6. The first-order chi connectivity index (χ1) is 9.41. The molecule has 24 heavy (non-hydrogen) atoms. The average Bonchev–Trinajstić information content (AvgIpc) is 2.54. The van der Waals surface area contributed by atoms with Crippen LogP contribution in [0.2, 0.25) is 0 Å². The second-order valence-corrected chi connectivity index (χ2v) is 1.85. The molecule has 3 heteroatoms. The van der Waals surface area contributed by atoms with E-state index in [9.17, 15) is 0 Å². The van der Waals surface area contributed by atoms with Crippen molar-refractivity contribution in [2.45, 2.75) is 91.5 Å². The molecule has 0 spiro atoms. The van der Waals surface area contributed by atoms with Crippen LogP contribution in [0.25, 0.3) is 0 Å². The Hall–Kier alpha value is -0.492. The molecule has 0 unspecified atom stereocenters. The minimum absolute atomic E-state index is 0. The van der Waals surface area contributed by atoms with Crippen molar-refractivity contribution in [2.24, 2.45) is 9.98 Å². The molecule has 0 aliphatic rings. The molecular weight excluding hydrogens is 475 g/mol. The zero-order valence-corrected chi connectivity index (χ0v) is 17.1. The molecule has 0 fully saturated rings. The summed E-state index contributed by atoms with van der Waals surface area (Å²) in [4.78, 5) is 7.93. The van der Waals surface area contributed by atoms with E-state index in [1.54, 1.807) is 12.4 Å². The van der Waals surface area contributed by atoms with E-state index in [0.717, 1.165) is 19.5 Å². The molecule has 156 valence electrons. The third kappa shape index (κ3) is 160. The van der Waals surface area contributed by atoms with E-state index < -0.39 is 0 Å². The molecule has 0 saturated carbocycles. The molecule has 0 N–H and O–H groups in total. The zero-order valence-electron chi connectivity index (χ0n) is 14.8. The van der Waals surface area contributed by atoms with Gasteiger partial charge in [-0.15, -0.1) is 12.4 Å². The Labute approximate surface area is 173 Å². The van der Waals surface area contributed by atoms with E-state index in [1.807, 2.05) is 55.4 Å². The number of aliphatic imine (C=N–C) groups is 2. The molecule has 0 heterocycles. The molecule has 0 rings (SSSR count). The molecule has 0 amide bonds. The van der Waals surface area contributed by atoms with Gasteiger partial charge in [-0.2, -0.15) is 0 Å². The van der Waals surface area contributed by atoms with Crippen LogP contribution in [0.1, 0.15) is 91.5 Å². The van der Waals surface area contributed by atoms with E-state index >= 15 is 0 Å². The summed E-state index contributed by atoms with van der Waals surface area (Å²) in [5.74, 6) is 0. The van der Waals surface area contributed by atoms with Crippen molar-refractivity contribution < 1.29 is 21.1 Å². The van der Waals surface area contributed by atoms with E-state index in [2.05, 4.69) is 9.98 Å². The van der Waals surface area contributed by atoms with Crippen molar-refractivity contribution in [2.75, 3.05) is 13.1 Å². The molecule has 0 radical (unpaired) electrons. The fourth-order valence-electron chi connectivity index (χ4n) is 0.524. The van der Waals surface area contributed by atoms with Crippen molar-refractivity contribution >= 4 is 12.4 Å². The van der Waals surface area contributed by atoms with Crippen molar-refractivity contribution in [1.82, 2.24) is 0 Å². The van der Waals surface area contributed by atoms with Crippen LogP contribution >= 0.6 is 0 Å². The van der Waals surface area contributed by atoms with Gasteiger partial charge in [0.25, 0.3) is 0 Å². The van der Waals surface area contributed by atoms with Crippen LogP contribution in [0.4, 0.5) is 0 Å². The van der Waals surface area contributed by atoms with E-state index in [1.165, 1.54) is 12.2 Å². The second kappa shape index (κ2) is 144. The summed E-state index contributed by atoms with van der Waals surface area (Å²) in [6.45, 7) is 27.7. The largest absolute Gasteiger partial charge is 2.00 e. The van der Waals surface area contributed by atoms with Crippen LogP contribution < -0.4 is 0 Å². The normalized spacial score (nSPS) is 6.00. The number of hydrogen-bond acceptors (Lipinski definition) is 2. The summed E-state index contributed by atoms with van der Waals surface area (Å²) in [5, 5.41) is 0. The van der Waals surface area contributed by atoms with E-state index in [-0.39, 0.29) is 50.8 Å². The zero-order chi connectivity index (χ0) is 16.4. The van der Waals surface area contributed by atoms with Crippen LogP contribution in [-0.2, 0) is 21.1 Å². The van der Waals surface area contributed by atoms with Crippen LogP contribution in [0.3, 0.4) is 0 Å². The number of hydrogen-bond donors (Lipinski definition) is 0. The predicted octanol–water partition coefficient (Wildman–Crippen LogP) is 8.14. The Bertz CT molecular complexity index is 147. The Morgan fingerprint density at radius 3 is 0.958 bits per heavy atom. The van der Waals surface area contributed by atoms with Crippen LogP contribution in [0, 0.1) is 13.2 Å². The van der Waals surface area contributed by atoms with Gasteiger partial charge in [-0.1, -0.05) is 85.1 Å². The maximum Gasteiger partial charge on any atom is 2.00 e. The molecule has 0 aromatic rings. The fourth-order valence-corrected chi connectivity index (χ4v) is 0.524. The molecule has 2 nitrogen and oxygen atoms in total. The smallest absolute Gasteiger partial charge is 0.386 e. The molecule has 0 saturated heterocycles. The molecule has 0 bridgehead atoms. The monoisotopic (exact) mass is 527 g/mol. The molecule has 0 aliphatic heterocycles. The summed E-state index contributed by atoms with van der Waals surface area (Å²) in [6, 6.07) is 0. The summed E-state index contributed by atoms with van der Waals surface area (Å²) in [6.07, 6.45) is 6.92. The number of nitrogens with zero attached hydrogens (tertiary/aromatic N) is 2. The topological polar surface area (TPSA) is 24.7 Å². The first-order valence-corrected chi connectivity index (χ1v) is 7.48. The molecule has 0 atom stereocenters. The minimum Gasteiger partial charge on any atom is -0.386 e. The van der Waals surface area contributed by atoms with Crippen LogP contribution in [0.15, 0.2) is 22.1 Å². The van der Waals surface area contributed by atoms with Gasteiger partial charge in [-0.25, -0.2) is 12.2 Å². The Morgan fingerprint density at radius 1 is 0.583 bits per heavy atom. The first-order valence-electron chi connectivity index (χ1n) is 7.48. The Balaban J connectivity index is -0.0000000166. The van der Waals surface area contributed by atoms with Gasteiger partial charge in [0.1, 0.15) is 0 Å². The van der Waals surface area contributed by atoms with Gasteiger partial charge in [0.2, 0.25) is 0 Å². The molecule has 0 aromatic heterocycles. The fraction of sp³-hybridized carbons (Fsp3) is 0.714. The summed E-state index contributed by atoms with van der Waals surface area (Å²) >= 11 is 0. The quantitative estimate of drug-likeness (QED) is 0.189. The SMILES string of the molecule is C.C.C.C.CC.CC.CC.CC.[CH-]=CC=NCCCN=CC=[CH-].[Pt+2]. The molecular formula is C21H52N2Pt. The molecule has 0 aliphatic carbocycles. The first kappa shape index (κ1) is 65.3. The van der Waals surface area contributed by atoms with Crippen molar-refractivity contribution in [3.63, 3.8) is 0 Å². The summed E-state index contributed by atoms with van der Waals surface area (Å²) < 4.78 is 0. The predicted molar refractivity (Wildman–Crippen MR) is 121 cm³/mol. The van der Waals surface area contributed by atoms with E-state index in [4.69, 9.17) is 13.2 Å². The van der Waals surface area contributed by atoms with Crippen LogP contribution in [0.5, 0.6) is 0 Å². The Morgan fingerprint density at radius 2 is 0.792 bits per heavy atom.